The monoisotopic (exact) mass is 357 g/mol. The summed E-state index contributed by atoms with van der Waals surface area (Å²) in [6.45, 7) is 0.703. The van der Waals surface area contributed by atoms with Crippen molar-refractivity contribution in [1.29, 1.82) is 0 Å². The third-order valence-electron chi connectivity index (χ3n) is 4.63. The minimum atomic E-state index is 0.213. The summed E-state index contributed by atoms with van der Waals surface area (Å²) in [6.07, 6.45) is 5.71. The first-order valence-corrected chi connectivity index (χ1v) is 9.22. The van der Waals surface area contributed by atoms with Crippen LogP contribution >= 0.6 is 11.3 Å². The Morgan fingerprint density at radius 3 is 2.69 bits per heavy atom. The second kappa shape index (κ2) is 5.97. The number of thiazole rings is 1. The highest BCUT2D eigenvalue weighted by Gasteiger charge is 2.13. The first-order valence-electron chi connectivity index (χ1n) is 8.34. The predicted octanol–water partition coefficient (Wildman–Crippen LogP) is 5.07. The average molecular weight is 357 g/mol. The number of nitrogens with zero attached hydrogens (tertiary/aromatic N) is 3. The molecule has 3 heterocycles. The van der Waals surface area contributed by atoms with E-state index in [9.17, 15) is 5.11 Å². The molecule has 0 radical (unpaired) electrons. The van der Waals surface area contributed by atoms with E-state index >= 15 is 0 Å². The molecule has 0 fully saturated rings. The normalized spacial score (nSPS) is 11.4. The summed E-state index contributed by atoms with van der Waals surface area (Å²) in [7, 11) is 0. The molecule has 3 aromatic heterocycles. The molecule has 0 bridgehead atoms. The number of phenolic OH excluding ortho intramolecular Hbond substituents is 1. The first-order chi connectivity index (χ1) is 12.8. The lowest BCUT2D eigenvalue weighted by Gasteiger charge is -2.09. The van der Waals surface area contributed by atoms with Crippen molar-refractivity contribution in [2.75, 3.05) is 0 Å². The summed E-state index contributed by atoms with van der Waals surface area (Å²) in [5.74, 6) is 0.213. The Hall–Kier alpha value is -3.18. The summed E-state index contributed by atoms with van der Waals surface area (Å²) < 4.78 is 2.24. The molecule has 126 valence electrons. The zero-order valence-corrected chi connectivity index (χ0v) is 14.6. The van der Waals surface area contributed by atoms with Crippen LogP contribution in [0.1, 0.15) is 5.56 Å². The van der Waals surface area contributed by atoms with Gasteiger partial charge in [-0.3, -0.25) is 4.98 Å². The summed E-state index contributed by atoms with van der Waals surface area (Å²) in [4.78, 5) is 8.80. The third kappa shape index (κ3) is 2.36. The lowest BCUT2D eigenvalue weighted by molar-refractivity contribution is 0.480. The van der Waals surface area contributed by atoms with E-state index < -0.39 is 0 Å². The molecular weight excluding hydrogens is 342 g/mol. The van der Waals surface area contributed by atoms with Crippen LogP contribution in [-0.4, -0.2) is 19.6 Å². The lowest BCUT2D eigenvalue weighted by atomic mass is 10.1. The molecule has 0 unspecified atom stereocenters. The molecule has 0 saturated heterocycles. The predicted molar refractivity (Wildman–Crippen MR) is 106 cm³/mol. The molecule has 0 saturated carbocycles. The van der Waals surface area contributed by atoms with Crippen LogP contribution in [0.4, 0.5) is 0 Å². The van der Waals surface area contributed by atoms with Gasteiger partial charge in [0.05, 0.1) is 0 Å². The second-order valence-electron chi connectivity index (χ2n) is 6.17. The van der Waals surface area contributed by atoms with E-state index in [4.69, 9.17) is 0 Å². The highest BCUT2D eigenvalue weighted by atomic mass is 32.1. The molecule has 1 N–H and O–H groups in total. The summed E-state index contributed by atoms with van der Waals surface area (Å²) in [6, 6.07) is 16.0. The molecule has 26 heavy (non-hydrogen) atoms. The molecule has 5 rings (SSSR count). The zero-order chi connectivity index (χ0) is 17.5. The van der Waals surface area contributed by atoms with Crippen LogP contribution in [0.5, 0.6) is 5.75 Å². The number of fused-ring (bicyclic) bond motifs is 2. The number of pyridine rings is 1. The molecule has 0 aliphatic heterocycles. The van der Waals surface area contributed by atoms with E-state index in [1.54, 1.807) is 23.6 Å². The summed E-state index contributed by atoms with van der Waals surface area (Å²) in [5.41, 5.74) is 4.08. The fourth-order valence-corrected chi connectivity index (χ4v) is 4.10. The van der Waals surface area contributed by atoms with Crippen molar-refractivity contribution in [1.82, 2.24) is 14.5 Å². The van der Waals surface area contributed by atoms with E-state index in [2.05, 4.69) is 45.0 Å². The van der Waals surface area contributed by atoms with Crippen molar-refractivity contribution < 1.29 is 5.11 Å². The van der Waals surface area contributed by atoms with Crippen LogP contribution < -0.4 is 0 Å². The van der Waals surface area contributed by atoms with Gasteiger partial charge in [0.2, 0.25) is 0 Å². The van der Waals surface area contributed by atoms with Crippen LogP contribution in [0.25, 0.3) is 32.4 Å². The molecule has 0 atom stereocenters. The highest BCUT2D eigenvalue weighted by molar-refractivity contribution is 7.13. The first kappa shape index (κ1) is 15.1. The van der Waals surface area contributed by atoms with Crippen LogP contribution in [0, 0.1) is 0 Å². The van der Waals surface area contributed by atoms with E-state index in [0.29, 0.717) is 12.1 Å². The number of aromatic hydroxyl groups is 1. The molecule has 0 aliphatic rings. The molecule has 0 aliphatic carbocycles. The molecule has 2 aromatic carbocycles. The smallest absolute Gasteiger partial charge is 0.141 e. The quantitative estimate of drug-likeness (QED) is 0.491. The van der Waals surface area contributed by atoms with Crippen LogP contribution in [-0.2, 0) is 6.54 Å². The maximum absolute atomic E-state index is 10.1. The SMILES string of the molecule is Oc1ccc(Cn2cc(-c3nccs3)c3ccccc32)c2cccnc12. The van der Waals surface area contributed by atoms with Crippen LogP contribution in [0.2, 0.25) is 0 Å². The Morgan fingerprint density at radius 2 is 1.81 bits per heavy atom. The molecule has 0 amide bonds. The van der Waals surface area contributed by atoms with Gasteiger partial charge in [0.1, 0.15) is 16.3 Å². The van der Waals surface area contributed by atoms with E-state index in [-0.39, 0.29) is 5.75 Å². The Bertz CT molecular complexity index is 1220. The Labute approximate surface area is 154 Å². The Balaban J connectivity index is 1.69. The standard InChI is InChI=1S/C21H15N3OS/c25-19-8-7-14(15-5-3-9-22-20(15)19)12-24-13-17(21-23-10-11-26-21)16-4-1-2-6-18(16)24/h1-11,13,25H,12H2. The van der Waals surface area contributed by atoms with Crippen molar-refractivity contribution in [3.05, 3.63) is 78.1 Å². The number of hydrogen-bond donors (Lipinski definition) is 1. The van der Waals surface area contributed by atoms with Gasteiger partial charge in [-0.2, -0.15) is 0 Å². The van der Waals surface area contributed by atoms with Crippen molar-refractivity contribution in [3.63, 3.8) is 0 Å². The third-order valence-corrected chi connectivity index (χ3v) is 5.44. The number of aromatic nitrogens is 3. The Kier molecular flexibility index (Phi) is 3.47. The average Bonchev–Trinajstić information content (AvgIpc) is 3.33. The van der Waals surface area contributed by atoms with Gasteiger partial charge in [-0.05, 0) is 23.8 Å². The Morgan fingerprint density at radius 1 is 0.923 bits per heavy atom. The fourth-order valence-electron chi connectivity index (χ4n) is 3.44. The summed E-state index contributed by atoms with van der Waals surface area (Å²) in [5, 5.41) is 15.3. The van der Waals surface area contributed by atoms with Gasteiger partial charge in [-0.1, -0.05) is 30.3 Å². The van der Waals surface area contributed by atoms with E-state index in [1.165, 1.54) is 10.9 Å². The minimum absolute atomic E-state index is 0.213. The van der Waals surface area contributed by atoms with Crippen LogP contribution in [0.3, 0.4) is 0 Å². The lowest BCUT2D eigenvalue weighted by Crippen LogP contribution is -1.99. The van der Waals surface area contributed by atoms with Gasteiger partial charge in [0.15, 0.2) is 0 Å². The molecule has 0 spiro atoms. The van der Waals surface area contributed by atoms with Gasteiger partial charge in [-0.15, -0.1) is 11.3 Å². The number of phenols is 1. The zero-order valence-electron chi connectivity index (χ0n) is 13.8. The van der Waals surface area contributed by atoms with Gasteiger partial charge in [-0.25, -0.2) is 4.98 Å². The van der Waals surface area contributed by atoms with E-state index in [0.717, 1.165) is 21.5 Å². The molecule has 4 nitrogen and oxygen atoms in total. The van der Waals surface area contributed by atoms with Crippen molar-refractivity contribution in [3.8, 4) is 16.3 Å². The molecule has 5 heteroatoms. The molecular formula is C21H15N3OS. The van der Waals surface area contributed by atoms with Crippen molar-refractivity contribution in [2.24, 2.45) is 0 Å². The molecule has 5 aromatic rings. The van der Waals surface area contributed by atoms with Gasteiger partial charge in [0, 0.05) is 52.4 Å². The topological polar surface area (TPSA) is 50.9 Å². The largest absolute Gasteiger partial charge is 0.506 e. The van der Waals surface area contributed by atoms with Gasteiger partial charge in [0.25, 0.3) is 0 Å². The van der Waals surface area contributed by atoms with Crippen LogP contribution in [0.15, 0.2) is 72.5 Å². The number of hydrogen-bond acceptors (Lipinski definition) is 4. The summed E-state index contributed by atoms with van der Waals surface area (Å²) >= 11 is 1.65. The maximum atomic E-state index is 10.1. The fraction of sp³-hybridized carbons (Fsp3) is 0.0476. The minimum Gasteiger partial charge on any atom is -0.506 e. The van der Waals surface area contributed by atoms with Gasteiger partial charge < -0.3 is 9.67 Å². The number of rotatable bonds is 3. The van der Waals surface area contributed by atoms with Crippen molar-refractivity contribution in [2.45, 2.75) is 6.54 Å². The van der Waals surface area contributed by atoms with E-state index in [1.807, 2.05) is 29.8 Å². The van der Waals surface area contributed by atoms with Crippen molar-refractivity contribution >= 4 is 33.1 Å². The van der Waals surface area contributed by atoms with Gasteiger partial charge >= 0.3 is 0 Å². The number of para-hydroxylation sites is 1. The second-order valence-corrected chi connectivity index (χ2v) is 7.06. The highest BCUT2D eigenvalue weighted by Crippen LogP contribution is 2.33. The maximum Gasteiger partial charge on any atom is 0.141 e. The number of benzene rings is 2.